The van der Waals surface area contributed by atoms with Crippen LogP contribution in [0.3, 0.4) is 0 Å². The van der Waals surface area contributed by atoms with Gasteiger partial charge < -0.3 is 10.5 Å². The molecule has 3 N–H and O–H groups in total. The lowest BCUT2D eigenvalue weighted by Crippen LogP contribution is -2.34. The molecule has 29 heavy (non-hydrogen) atoms. The molecule has 7 heteroatoms. The van der Waals surface area contributed by atoms with Gasteiger partial charge >= 0.3 is 6.03 Å². The maximum Gasteiger partial charge on any atom is 0.339 e. The molecule has 2 amide bonds. The summed E-state index contributed by atoms with van der Waals surface area (Å²) in [6, 6.07) is 16.4. The minimum Gasteiger partial charge on any atom is -0.487 e. The molecule has 1 atom stereocenters. The van der Waals surface area contributed by atoms with E-state index in [9.17, 15) is 14.4 Å². The number of hydrogen-bond acceptors (Lipinski definition) is 4. The molecular formula is C22H19FN2O3S. The highest BCUT2D eigenvalue weighted by Crippen LogP contribution is 2.40. The summed E-state index contributed by atoms with van der Waals surface area (Å²) in [4.78, 5) is 11.2. The number of thiophene rings is 1. The van der Waals surface area contributed by atoms with Gasteiger partial charge in [-0.05, 0) is 42.3 Å². The number of hydroxylamine groups is 2. The van der Waals surface area contributed by atoms with Crippen LogP contribution in [-0.2, 0) is 6.61 Å². The Balaban J connectivity index is 1.67. The van der Waals surface area contributed by atoms with Gasteiger partial charge in [0.2, 0.25) is 0 Å². The predicted molar refractivity (Wildman–Crippen MR) is 112 cm³/mol. The fourth-order valence-corrected chi connectivity index (χ4v) is 4.45. The number of nitrogens with zero attached hydrogens (tertiary/aromatic N) is 1. The normalized spacial score (nSPS) is 12.2. The van der Waals surface area contributed by atoms with E-state index < -0.39 is 12.1 Å². The minimum absolute atomic E-state index is 0.275. The van der Waals surface area contributed by atoms with Gasteiger partial charge in [0.1, 0.15) is 18.2 Å². The number of carbonyl (C=O) groups is 1. The van der Waals surface area contributed by atoms with Crippen molar-refractivity contribution in [1.82, 2.24) is 5.06 Å². The molecule has 0 radical (unpaired) electrons. The van der Waals surface area contributed by atoms with Crippen molar-refractivity contribution in [2.24, 2.45) is 5.73 Å². The smallest absolute Gasteiger partial charge is 0.339 e. The molecule has 0 bridgehead atoms. The first-order valence-electron chi connectivity index (χ1n) is 9.04. The van der Waals surface area contributed by atoms with Gasteiger partial charge in [-0.15, -0.1) is 11.3 Å². The summed E-state index contributed by atoms with van der Waals surface area (Å²) in [5, 5.41) is 12.5. The molecule has 1 unspecified atom stereocenters. The standard InChI is InChI=1S/C22H19FN2O3S/c1-13(25(27)22(24)26)15-7-10-17-18-3-2-4-19(21(18)29-20(17)11-15)28-12-14-5-8-16(23)9-6-14/h2-11,13,27H,12H2,1H3,(H2,24,26). The van der Waals surface area contributed by atoms with Gasteiger partial charge in [-0.25, -0.2) is 9.18 Å². The zero-order valence-electron chi connectivity index (χ0n) is 15.6. The van der Waals surface area contributed by atoms with Gasteiger partial charge in [0.25, 0.3) is 0 Å². The number of urea groups is 1. The molecule has 0 spiro atoms. The van der Waals surface area contributed by atoms with Crippen molar-refractivity contribution in [3.05, 3.63) is 77.6 Å². The summed E-state index contributed by atoms with van der Waals surface area (Å²) in [7, 11) is 0. The lowest BCUT2D eigenvalue weighted by atomic mass is 10.1. The number of rotatable bonds is 5. The lowest BCUT2D eigenvalue weighted by molar-refractivity contribution is -0.0709. The first-order valence-corrected chi connectivity index (χ1v) is 9.85. The summed E-state index contributed by atoms with van der Waals surface area (Å²) >= 11 is 1.58. The number of primary amides is 1. The van der Waals surface area contributed by atoms with E-state index >= 15 is 0 Å². The summed E-state index contributed by atoms with van der Waals surface area (Å²) in [6.07, 6.45) is 0. The molecule has 0 saturated heterocycles. The Morgan fingerprint density at radius 1 is 1.17 bits per heavy atom. The number of halogens is 1. The lowest BCUT2D eigenvalue weighted by Gasteiger charge is -2.20. The van der Waals surface area contributed by atoms with Crippen molar-refractivity contribution in [2.45, 2.75) is 19.6 Å². The molecule has 1 heterocycles. The highest BCUT2D eigenvalue weighted by molar-refractivity contribution is 7.26. The third-order valence-electron chi connectivity index (χ3n) is 4.87. The Kier molecular flexibility index (Phi) is 5.08. The van der Waals surface area contributed by atoms with E-state index in [2.05, 4.69) is 0 Å². The second kappa shape index (κ2) is 7.69. The van der Waals surface area contributed by atoms with E-state index in [0.717, 1.165) is 37.0 Å². The first kappa shape index (κ1) is 19.2. The molecule has 0 aliphatic rings. The zero-order chi connectivity index (χ0) is 20.5. The largest absolute Gasteiger partial charge is 0.487 e. The zero-order valence-corrected chi connectivity index (χ0v) is 16.4. The monoisotopic (exact) mass is 410 g/mol. The number of hydrogen-bond donors (Lipinski definition) is 2. The van der Waals surface area contributed by atoms with Gasteiger partial charge in [-0.2, -0.15) is 5.06 Å². The highest BCUT2D eigenvalue weighted by Gasteiger charge is 2.18. The molecular weight excluding hydrogens is 391 g/mol. The van der Waals surface area contributed by atoms with Crippen LogP contribution in [0.5, 0.6) is 5.75 Å². The molecule has 0 aliphatic carbocycles. The third kappa shape index (κ3) is 3.74. The third-order valence-corrected chi connectivity index (χ3v) is 6.05. The number of amides is 2. The van der Waals surface area contributed by atoms with Crippen LogP contribution in [0.15, 0.2) is 60.7 Å². The molecule has 5 nitrogen and oxygen atoms in total. The van der Waals surface area contributed by atoms with Crippen LogP contribution in [0, 0.1) is 5.82 Å². The van der Waals surface area contributed by atoms with E-state index in [4.69, 9.17) is 10.5 Å². The number of nitrogens with two attached hydrogens (primary N) is 1. The van der Waals surface area contributed by atoms with E-state index in [1.54, 1.807) is 30.4 Å². The van der Waals surface area contributed by atoms with Gasteiger partial charge in [0, 0.05) is 15.5 Å². The summed E-state index contributed by atoms with van der Waals surface area (Å²) < 4.78 is 21.1. The molecule has 0 aliphatic heterocycles. The Labute approximate surface area is 170 Å². The molecule has 0 fully saturated rings. The van der Waals surface area contributed by atoms with Gasteiger partial charge in [-0.1, -0.05) is 36.4 Å². The Bertz CT molecular complexity index is 1190. The average molecular weight is 410 g/mol. The number of carbonyl (C=O) groups excluding carboxylic acids is 1. The van der Waals surface area contributed by atoms with E-state index in [1.807, 2.05) is 36.4 Å². The Morgan fingerprint density at radius 3 is 2.66 bits per heavy atom. The van der Waals surface area contributed by atoms with Crippen LogP contribution in [0.1, 0.15) is 24.1 Å². The molecule has 4 aromatic rings. The molecule has 1 aromatic heterocycles. The van der Waals surface area contributed by atoms with Crippen molar-refractivity contribution in [2.75, 3.05) is 0 Å². The summed E-state index contributed by atoms with van der Waals surface area (Å²) in [5.74, 6) is 0.478. The topological polar surface area (TPSA) is 75.8 Å². The maximum absolute atomic E-state index is 13.1. The molecule has 0 saturated carbocycles. The fourth-order valence-electron chi connectivity index (χ4n) is 3.24. The van der Waals surface area contributed by atoms with Gasteiger partial charge in [-0.3, -0.25) is 5.21 Å². The summed E-state index contributed by atoms with van der Waals surface area (Å²) in [6.45, 7) is 2.05. The number of ether oxygens (including phenoxy) is 1. The second-order valence-electron chi connectivity index (χ2n) is 6.76. The summed E-state index contributed by atoms with van der Waals surface area (Å²) in [5.41, 5.74) is 6.82. The minimum atomic E-state index is -0.898. The van der Waals surface area contributed by atoms with E-state index in [1.165, 1.54) is 12.1 Å². The van der Waals surface area contributed by atoms with Gasteiger partial charge in [0.05, 0.1) is 10.7 Å². The van der Waals surface area contributed by atoms with E-state index in [0.29, 0.717) is 11.7 Å². The maximum atomic E-state index is 13.1. The van der Waals surface area contributed by atoms with Crippen molar-refractivity contribution in [3.63, 3.8) is 0 Å². The first-order chi connectivity index (χ1) is 13.9. The van der Waals surface area contributed by atoms with E-state index in [-0.39, 0.29) is 5.82 Å². The van der Waals surface area contributed by atoms with Crippen LogP contribution in [0.2, 0.25) is 0 Å². The predicted octanol–water partition coefficient (Wildman–Crippen LogP) is 5.60. The average Bonchev–Trinajstić information content (AvgIpc) is 3.10. The van der Waals surface area contributed by atoms with Crippen molar-refractivity contribution < 1.29 is 19.1 Å². The fraction of sp³-hybridized carbons (Fsp3) is 0.136. The Morgan fingerprint density at radius 2 is 1.93 bits per heavy atom. The number of benzene rings is 3. The van der Waals surface area contributed by atoms with Crippen molar-refractivity contribution in [1.29, 1.82) is 0 Å². The molecule has 4 rings (SSSR count). The van der Waals surface area contributed by atoms with Crippen LogP contribution in [0.4, 0.5) is 9.18 Å². The van der Waals surface area contributed by atoms with Crippen molar-refractivity contribution in [3.8, 4) is 5.75 Å². The molecule has 3 aromatic carbocycles. The van der Waals surface area contributed by atoms with Crippen LogP contribution in [0.25, 0.3) is 20.2 Å². The quantitative estimate of drug-likeness (QED) is 0.332. The number of fused-ring (bicyclic) bond motifs is 3. The van der Waals surface area contributed by atoms with Crippen LogP contribution in [-0.4, -0.2) is 16.3 Å². The Hall–Kier alpha value is -3.16. The van der Waals surface area contributed by atoms with Crippen LogP contribution < -0.4 is 10.5 Å². The van der Waals surface area contributed by atoms with Gasteiger partial charge in [0.15, 0.2) is 0 Å². The second-order valence-corrected chi connectivity index (χ2v) is 7.82. The van der Waals surface area contributed by atoms with Crippen molar-refractivity contribution >= 4 is 37.5 Å². The molecule has 148 valence electrons. The highest BCUT2D eigenvalue weighted by atomic mass is 32.1. The van der Waals surface area contributed by atoms with Crippen LogP contribution >= 0.6 is 11.3 Å². The SMILES string of the molecule is CC(c1ccc2c(c1)sc1c(OCc3ccc(F)cc3)cccc12)N(O)C(N)=O.